The van der Waals surface area contributed by atoms with Gasteiger partial charge in [0.2, 0.25) is 0 Å². The minimum absolute atomic E-state index is 0.00816. The fourth-order valence-corrected chi connectivity index (χ4v) is 4.02. The molecule has 0 aliphatic rings. The van der Waals surface area contributed by atoms with Gasteiger partial charge in [-0.15, -0.1) is 0 Å². The summed E-state index contributed by atoms with van der Waals surface area (Å²) in [6, 6.07) is 20.8. The average Bonchev–Trinajstić information content (AvgIpc) is 3.34. The Kier molecular flexibility index (Phi) is 8.77. The fourth-order valence-electron chi connectivity index (χ4n) is 4.02. The highest BCUT2D eigenvalue weighted by molar-refractivity contribution is 5.38. The molecule has 2 aromatic carbocycles. The number of rotatable bonds is 12. The molecule has 2 atom stereocenters. The standard InChI is InChI=1S/C27H36N2O3/c1-19(2)17-20(3)28-18-25(26-7-6-16-32-26)29-27(21-8-12-23(30-4)13-9-21)22-10-14-24(31-5)15-11-22/h6-16,19-20,25,27-29H,17-18H2,1-5H3/t20-,25?/m1/s1. The van der Waals surface area contributed by atoms with Crippen molar-refractivity contribution in [3.63, 3.8) is 0 Å². The Hall–Kier alpha value is -2.76. The van der Waals surface area contributed by atoms with Gasteiger partial charge in [0.15, 0.2) is 0 Å². The Balaban J connectivity index is 1.87. The van der Waals surface area contributed by atoms with E-state index in [0.717, 1.165) is 41.4 Å². The molecular weight excluding hydrogens is 400 g/mol. The van der Waals surface area contributed by atoms with Gasteiger partial charge in [0.25, 0.3) is 0 Å². The highest BCUT2D eigenvalue weighted by Crippen LogP contribution is 2.29. The second kappa shape index (κ2) is 11.7. The molecule has 0 spiro atoms. The van der Waals surface area contributed by atoms with Gasteiger partial charge in [0, 0.05) is 12.6 Å². The third-order valence-corrected chi connectivity index (χ3v) is 5.65. The van der Waals surface area contributed by atoms with E-state index in [-0.39, 0.29) is 12.1 Å². The van der Waals surface area contributed by atoms with Crippen LogP contribution < -0.4 is 20.1 Å². The summed E-state index contributed by atoms with van der Waals surface area (Å²) >= 11 is 0. The van der Waals surface area contributed by atoms with Crippen LogP contribution in [0, 0.1) is 5.92 Å². The van der Waals surface area contributed by atoms with E-state index in [4.69, 9.17) is 13.9 Å². The zero-order chi connectivity index (χ0) is 22.9. The number of hydrogen-bond acceptors (Lipinski definition) is 5. The van der Waals surface area contributed by atoms with Crippen molar-refractivity contribution in [3.05, 3.63) is 83.8 Å². The first-order chi connectivity index (χ1) is 15.5. The van der Waals surface area contributed by atoms with E-state index in [1.807, 2.05) is 36.4 Å². The molecule has 3 rings (SSSR count). The lowest BCUT2D eigenvalue weighted by molar-refractivity contribution is 0.351. The van der Waals surface area contributed by atoms with Gasteiger partial charge in [0.05, 0.1) is 32.6 Å². The topological polar surface area (TPSA) is 55.7 Å². The van der Waals surface area contributed by atoms with Gasteiger partial charge in [-0.2, -0.15) is 0 Å². The minimum atomic E-state index is -0.0240. The summed E-state index contributed by atoms with van der Waals surface area (Å²) in [6.07, 6.45) is 2.86. The maximum absolute atomic E-state index is 5.81. The highest BCUT2D eigenvalue weighted by atomic mass is 16.5. The Bertz CT molecular complexity index is 858. The molecule has 0 bridgehead atoms. The Morgan fingerprint density at radius 1 is 0.812 bits per heavy atom. The van der Waals surface area contributed by atoms with Crippen molar-refractivity contribution < 1.29 is 13.9 Å². The number of furan rings is 1. The summed E-state index contributed by atoms with van der Waals surface area (Å²) in [5.41, 5.74) is 2.31. The molecule has 0 saturated carbocycles. The lowest BCUT2D eigenvalue weighted by atomic mass is 9.97. The Labute approximate surface area is 192 Å². The first kappa shape index (κ1) is 23.9. The maximum atomic E-state index is 5.81. The number of nitrogens with one attached hydrogen (secondary N) is 2. The van der Waals surface area contributed by atoms with Crippen molar-refractivity contribution in [1.29, 1.82) is 0 Å². The van der Waals surface area contributed by atoms with Gasteiger partial charge in [-0.05, 0) is 66.8 Å². The molecule has 172 valence electrons. The van der Waals surface area contributed by atoms with Crippen LogP contribution in [-0.4, -0.2) is 26.8 Å². The van der Waals surface area contributed by atoms with Crippen LogP contribution in [-0.2, 0) is 0 Å². The van der Waals surface area contributed by atoms with Gasteiger partial charge in [0.1, 0.15) is 17.3 Å². The van der Waals surface area contributed by atoms with E-state index in [0.29, 0.717) is 12.0 Å². The lowest BCUT2D eigenvalue weighted by Gasteiger charge is -2.27. The van der Waals surface area contributed by atoms with Crippen molar-refractivity contribution in [2.24, 2.45) is 5.92 Å². The van der Waals surface area contributed by atoms with Gasteiger partial charge in [-0.1, -0.05) is 38.1 Å². The smallest absolute Gasteiger partial charge is 0.122 e. The van der Waals surface area contributed by atoms with Crippen LogP contribution in [0.15, 0.2) is 71.3 Å². The van der Waals surface area contributed by atoms with E-state index in [9.17, 15) is 0 Å². The molecule has 5 heteroatoms. The highest BCUT2D eigenvalue weighted by Gasteiger charge is 2.23. The first-order valence-electron chi connectivity index (χ1n) is 11.3. The van der Waals surface area contributed by atoms with Crippen LogP contribution in [0.2, 0.25) is 0 Å². The lowest BCUT2D eigenvalue weighted by Crippen LogP contribution is -2.38. The molecule has 1 heterocycles. The van der Waals surface area contributed by atoms with Crippen molar-refractivity contribution in [3.8, 4) is 11.5 Å². The quantitative estimate of drug-likeness (QED) is 0.379. The second-order valence-corrected chi connectivity index (χ2v) is 8.65. The molecule has 0 aliphatic carbocycles. The van der Waals surface area contributed by atoms with Crippen LogP contribution in [0.1, 0.15) is 56.2 Å². The molecule has 0 radical (unpaired) electrons. The number of benzene rings is 2. The molecule has 0 amide bonds. The number of hydrogen-bond donors (Lipinski definition) is 2. The normalized spacial score (nSPS) is 13.3. The average molecular weight is 437 g/mol. The molecule has 0 saturated heterocycles. The van der Waals surface area contributed by atoms with Gasteiger partial charge in [-0.3, -0.25) is 5.32 Å². The summed E-state index contributed by atoms with van der Waals surface area (Å²) in [5, 5.41) is 7.52. The third kappa shape index (κ3) is 6.62. The molecule has 5 nitrogen and oxygen atoms in total. The molecule has 32 heavy (non-hydrogen) atoms. The number of methoxy groups -OCH3 is 2. The predicted molar refractivity (Wildman–Crippen MR) is 129 cm³/mol. The van der Waals surface area contributed by atoms with Gasteiger partial charge in [-0.25, -0.2) is 0 Å². The molecule has 2 N–H and O–H groups in total. The number of ether oxygens (including phenoxy) is 2. The van der Waals surface area contributed by atoms with Gasteiger partial charge >= 0.3 is 0 Å². The summed E-state index contributed by atoms with van der Waals surface area (Å²) in [7, 11) is 3.37. The van der Waals surface area contributed by atoms with E-state index in [2.05, 4.69) is 55.7 Å². The molecular formula is C27H36N2O3. The van der Waals surface area contributed by atoms with Crippen molar-refractivity contribution in [1.82, 2.24) is 10.6 Å². The van der Waals surface area contributed by atoms with Crippen LogP contribution >= 0.6 is 0 Å². The molecule has 0 fully saturated rings. The van der Waals surface area contributed by atoms with Crippen molar-refractivity contribution in [2.75, 3.05) is 20.8 Å². The van der Waals surface area contributed by atoms with E-state index >= 15 is 0 Å². The van der Waals surface area contributed by atoms with Crippen LogP contribution in [0.25, 0.3) is 0 Å². The minimum Gasteiger partial charge on any atom is -0.497 e. The first-order valence-corrected chi connectivity index (χ1v) is 11.3. The van der Waals surface area contributed by atoms with Crippen molar-refractivity contribution in [2.45, 2.75) is 45.3 Å². The summed E-state index contributed by atoms with van der Waals surface area (Å²) in [6.45, 7) is 7.52. The maximum Gasteiger partial charge on any atom is 0.122 e. The summed E-state index contributed by atoms with van der Waals surface area (Å²) < 4.78 is 16.5. The largest absolute Gasteiger partial charge is 0.497 e. The van der Waals surface area contributed by atoms with Crippen molar-refractivity contribution >= 4 is 0 Å². The molecule has 3 aromatic rings. The van der Waals surface area contributed by atoms with Gasteiger partial charge < -0.3 is 19.2 Å². The summed E-state index contributed by atoms with van der Waals surface area (Å²) in [5.74, 6) is 3.25. The monoisotopic (exact) mass is 436 g/mol. The fraction of sp³-hybridized carbons (Fsp3) is 0.407. The molecule has 1 aromatic heterocycles. The second-order valence-electron chi connectivity index (χ2n) is 8.65. The van der Waals surface area contributed by atoms with Crippen LogP contribution in [0.4, 0.5) is 0 Å². The summed E-state index contributed by atoms with van der Waals surface area (Å²) in [4.78, 5) is 0. The van der Waals surface area contributed by atoms with Crippen LogP contribution in [0.3, 0.4) is 0 Å². The molecule has 0 aliphatic heterocycles. The van der Waals surface area contributed by atoms with E-state index in [1.54, 1.807) is 20.5 Å². The Morgan fingerprint density at radius 2 is 1.38 bits per heavy atom. The zero-order valence-electron chi connectivity index (χ0n) is 19.8. The third-order valence-electron chi connectivity index (χ3n) is 5.65. The Morgan fingerprint density at radius 3 is 1.81 bits per heavy atom. The van der Waals surface area contributed by atoms with Crippen LogP contribution in [0.5, 0.6) is 11.5 Å². The predicted octanol–water partition coefficient (Wildman–Crippen LogP) is 5.74. The molecule has 1 unspecified atom stereocenters. The van der Waals surface area contributed by atoms with E-state index < -0.39 is 0 Å². The van der Waals surface area contributed by atoms with E-state index in [1.165, 1.54) is 0 Å². The zero-order valence-corrected chi connectivity index (χ0v) is 19.8. The SMILES string of the molecule is COc1ccc(C(NC(CN[C@H](C)CC(C)C)c2ccco2)c2ccc(OC)cc2)cc1.